The van der Waals surface area contributed by atoms with Crippen LogP contribution in [0, 0.1) is 0 Å². The van der Waals surface area contributed by atoms with Gasteiger partial charge in [-0.3, -0.25) is 0 Å². The Hall–Kier alpha value is -8.66. The second-order valence-electron chi connectivity index (χ2n) is 16.8. The normalized spacial score (nSPS) is 11.7. The molecule has 304 valence electrons. The van der Waals surface area contributed by atoms with E-state index in [-0.39, 0.29) is 0 Å². The Morgan fingerprint density at radius 2 is 0.877 bits per heavy atom. The van der Waals surface area contributed by atoms with E-state index in [2.05, 4.69) is 246 Å². The molecule has 0 N–H and O–H groups in total. The molecule has 2 aromatic heterocycles. The summed E-state index contributed by atoms with van der Waals surface area (Å²) in [5.74, 6) is 0. The first kappa shape index (κ1) is 36.9. The molecule has 0 radical (unpaired) electrons. The van der Waals surface area contributed by atoms with Crippen LogP contribution in [0.1, 0.15) is 0 Å². The summed E-state index contributed by atoms with van der Waals surface area (Å²) in [6.45, 7) is 0. The van der Waals surface area contributed by atoms with Gasteiger partial charge >= 0.3 is 0 Å². The third kappa shape index (κ3) is 5.97. The van der Waals surface area contributed by atoms with Gasteiger partial charge in [0.2, 0.25) is 0 Å². The number of furan rings is 1. The molecule has 11 aromatic carbocycles. The zero-order chi connectivity index (χ0) is 42.8. The fraction of sp³-hybridized carbons (Fsp3) is 0. The van der Waals surface area contributed by atoms with Crippen LogP contribution < -0.4 is 4.90 Å². The molecule has 3 nitrogen and oxygen atoms in total. The zero-order valence-corrected chi connectivity index (χ0v) is 35.4. The Morgan fingerprint density at radius 3 is 1.69 bits per heavy atom. The monoisotopic (exact) mass is 828 g/mol. The minimum atomic E-state index is 0.880. The molecular weight excluding hydrogens is 789 g/mol. The van der Waals surface area contributed by atoms with Crippen molar-refractivity contribution in [3.05, 3.63) is 243 Å². The molecule has 0 unspecified atom stereocenters. The van der Waals surface area contributed by atoms with E-state index >= 15 is 0 Å². The van der Waals surface area contributed by atoms with Crippen molar-refractivity contribution >= 4 is 82.4 Å². The molecule has 0 amide bonds. The van der Waals surface area contributed by atoms with Gasteiger partial charge in [0.25, 0.3) is 0 Å². The van der Waals surface area contributed by atoms with Crippen molar-refractivity contribution in [2.24, 2.45) is 0 Å². The topological polar surface area (TPSA) is 21.3 Å². The molecule has 13 aromatic rings. The number of nitrogens with zero attached hydrogens (tertiary/aromatic N) is 2. The largest absolute Gasteiger partial charge is 0.455 e. The summed E-state index contributed by atoms with van der Waals surface area (Å²) in [6.07, 6.45) is 0. The van der Waals surface area contributed by atoms with Crippen molar-refractivity contribution in [1.82, 2.24) is 4.57 Å². The van der Waals surface area contributed by atoms with Gasteiger partial charge in [-0.05, 0) is 87.3 Å². The first-order valence-electron chi connectivity index (χ1n) is 22.3. The summed E-state index contributed by atoms with van der Waals surface area (Å²) in [6, 6.07) is 87.8. The summed E-state index contributed by atoms with van der Waals surface area (Å²) >= 11 is 0. The molecular formula is C62H40N2O. The molecule has 0 saturated carbocycles. The predicted octanol–water partition coefficient (Wildman–Crippen LogP) is 17.5. The number of aromatic nitrogens is 1. The lowest BCUT2D eigenvalue weighted by molar-refractivity contribution is 0.670. The van der Waals surface area contributed by atoms with Crippen LogP contribution >= 0.6 is 0 Å². The van der Waals surface area contributed by atoms with Gasteiger partial charge in [0, 0.05) is 49.5 Å². The van der Waals surface area contributed by atoms with Gasteiger partial charge in [0.1, 0.15) is 11.2 Å². The van der Waals surface area contributed by atoms with E-state index in [1.165, 1.54) is 43.4 Å². The zero-order valence-electron chi connectivity index (χ0n) is 35.4. The van der Waals surface area contributed by atoms with E-state index in [9.17, 15) is 0 Å². The van der Waals surface area contributed by atoms with Gasteiger partial charge in [0.05, 0.1) is 28.1 Å². The van der Waals surface area contributed by atoms with Gasteiger partial charge in [0.15, 0.2) is 0 Å². The molecule has 0 fully saturated rings. The fourth-order valence-corrected chi connectivity index (χ4v) is 10.3. The maximum atomic E-state index is 6.71. The van der Waals surface area contributed by atoms with Crippen LogP contribution in [-0.2, 0) is 0 Å². The van der Waals surface area contributed by atoms with Gasteiger partial charge in [-0.15, -0.1) is 0 Å². The molecule has 3 heteroatoms. The van der Waals surface area contributed by atoms with Crippen molar-refractivity contribution < 1.29 is 4.42 Å². The lowest BCUT2D eigenvalue weighted by Crippen LogP contribution is -2.12. The van der Waals surface area contributed by atoms with Crippen LogP contribution in [0.2, 0.25) is 0 Å². The van der Waals surface area contributed by atoms with Crippen LogP contribution in [0.4, 0.5) is 17.1 Å². The smallest absolute Gasteiger partial charge is 0.143 e. The molecule has 0 atom stereocenters. The molecule has 0 aliphatic rings. The summed E-state index contributed by atoms with van der Waals surface area (Å²) < 4.78 is 9.14. The highest BCUT2D eigenvalue weighted by Crippen LogP contribution is 2.48. The van der Waals surface area contributed by atoms with Crippen molar-refractivity contribution in [3.8, 4) is 39.1 Å². The van der Waals surface area contributed by atoms with E-state index in [0.29, 0.717) is 0 Å². The highest BCUT2D eigenvalue weighted by atomic mass is 16.3. The SMILES string of the molecule is c1cc(-c2ccccc2-n2c3ccccc3c3ccccc32)cc(N(c2ccccc2-c2ccc3c(ccc4ccccc43)c2)c2ccccc2-c2cccc3c2oc2ccccc23)c1. The van der Waals surface area contributed by atoms with Crippen LogP contribution in [-0.4, -0.2) is 4.57 Å². The first-order valence-corrected chi connectivity index (χ1v) is 22.3. The Labute approximate surface area is 376 Å². The summed E-state index contributed by atoms with van der Waals surface area (Å²) in [4.78, 5) is 2.45. The number of anilines is 3. The number of hydrogen-bond acceptors (Lipinski definition) is 2. The summed E-state index contributed by atoms with van der Waals surface area (Å²) in [5, 5.41) is 9.67. The number of rotatable bonds is 7. The Morgan fingerprint density at radius 1 is 0.323 bits per heavy atom. The average molecular weight is 829 g/mol. The van der Waals surface area contributed by atoms with E-state index in [0.717, 1.165) is 78.1 Å². The highest BCUT2D eigenvalue weighted by molar-refractivity contribution is 6.13. The Bertz CT molecular complexity index is 3930. The second kappa shape index (κ2) is 15.0. The summed E-state index contributed by atoms with van der Waals surface area (Å²) in [7, 11) is 0. The Kier molecular flexibility index (Phi) is 8.53. The quantitative estimate of drug-likeness (QED) is 0.149. The van der Waals surface area contributed by atoms with Crippen molar-refractivity contribution in [2.45, 2.75) is 0 Å². The molecule has 0 aliphatic heterocycles. The third-order valence-corrected chi connectivity index (χ3v) is 13.2. The average Bonchev–Trinajstić information content (AvgIpc) is 3.93. The number of fused-ring (bicyclic) bond motifs is 9. The van der Waals surface area contributed by atoms with Gasteiger partial charge < -0.3 is 13.9 Å². The van der Waals surface area contributed by atoms with E-state index in [1.807, 2.05) is 6.07 Å². The van der Waals surface area contributed by atoms with Crippen LogP contribution in [0.3, 0.4) is 0 Å². The lowest BCUT2D eigenvalue weighted by Gasteiger charge is -2.30. The molecule has 0 spiro atoms. The number of benzene rings is 11. The maximum Gasteiger partial charge on any atom is 0.143 e. The molecule has 0 bridgehead atoms. The molecule has 13 rings (SSSR count). The van der Waals surface area contributed by atoms with Crippen molar-refractivity contribution in [2.75, 3.05) is 4.90 Å². The van der Waals surface area contributed by atoms with Gasteiger partial charge in [-0.25, -0.2) is 0 Å². The summed E-state index contributed by atoms with van der Waals surface area (Å²) in [5.41, 5.74) is 15.1. The van der Waals surface area contributed by atoms with Crippen molar-refractivity contribution in [1.29, 1.82) is 0 Å². The van der Waals surface area contributed by atoms with Crippen LogP contribution in [0.15, 0.2) is 247 Å². The Balaban J connectivity index is 1.04. The van der Waals surface area contributed by atoms with Gasteiger partial charge in [-0.2, -0.15) is 0 Å². The number of para-hydroxylation sites is 7. The maximum absolute atomic E-state index is 6.71. The highest BCUT2D eigenvalue weighted by Gasteiger charge is 2.24. The molecule has 0 saturated heterocycles. The molecule has 2 heterocycles. The molecule has 0 aliphatic carbocycles. The van der Waals surface area contributed by atoms with E-state index in [4.69, 9.17) is 4.42 Å². The minimum Gasteiger partial charge on any atom is -0.455 e. The molecule has 65 heavy (non-hydrogen) atoms. The van der Waals surface area contributed by atoms with Crippen LogP contribution in [0.5, 0.6) is 0 Å². The van der Waals surface area contributed by atoms with E-state index in [1.54, 1.807) is 0 Å². The standard InChI is InChI=1S/C62H40N2O/c1-2-20-46-41(17-1)35-36-43-39-44(37-38-47(43)46)49-22-3-9-29-56(49)63(58-31-11-7-25-52(58)54-27-16-28-55-53-26-8-14-34-61(53)65-62(54)55)45-19-15-18-42(40-45)48-21-4-10-30-57(48)64-59-32-12-5-23-50(59)51-24-6-13-33-60(51)64/h1-40H. The second-order valence-corrected chi connectivity index (χ2v) is 16.8. The van der Waals surface area contributed by atoms with Gasteiger partial charge in [-0.1, -0.05) is 188 Å². The third-order valence-electron chi connectivity index (χ3n) is 13.2. The number of hydrogen-bond donors (Lipinski definition) is 0. The first-order chi connectivity index (χ1) is 32.3. The van der Waals surface area contributed by atoms with Crippen molar-refractivity contribution in [3.63, 3.8) is 0 Å². The van der Waals surface area contributed by atoms with Crippen LogP contribution in [0.25, 0.3) is 104 Å². The predicted molar refractivity (Wildman–Crippen MR) is 274 cm³/mol. The fourth-order valence-electron chi connectivity index (χ4n) is 10.3. The lowest BCUT2D eigenvalue weighted by atomic mass is 9.95. The minimum absolute atomic E-state index is 0.880. The van der Waals surface area contributed by atoms with E-state index < -0.39 is 0 Å².